The van der Waals surface area contributed by atoms with Gasteiger partial charge in [-0.05, 0) is 38.2 Å². The van der Waals surface area contributed by atoms with Crippen molar-refractivity contribution in [3.63, 3.8) is 0 Å². The highest BCUT2D eigenvalue weighted by molar-refractivity contribution is 5.89. The van der Waals surface area contributed by atoms with Crippen molar-refractivity contribution >= 4 is 23.1 Å². The summed E-state index contributed by atoms with van der Waals surface area (Å²) in [4.78, 5) is 14.7. The van der Waals surface area contributed by atoms with Gasteiger partial charge in [0.15, 0.2) is 5.43 Å². The molecule has 3 N–H and O–H groups in total. The molecule has 7 heteroatoms. The molecule has 0 bridgehead atoms. The Balaban J connectivity index is 1.86. The van der Waals surface area contributed by atoms with Crippen molar-refractivity contribution in [3.05, 3.63) is 69.3 Å². The maximum Gasteiger partial charge on any atom is 0.197 e. The standard InChI is InChI=1S/C23H22FNO5/c1-25-9-8-15(20(29)12-25)21-18(27)11-19(28)22-17(26)10-14(30-23(21)22)7-6-13-4-2-3-5-16(13)24/h2-7,10-11,15,20,27-29H,8-9,12H2,1H3/b7-6+. The number of aliphatic hydroxyl groups excluding tert-OH is 1. The number of piperidine rings is 1. The second-order valence-corrected chi connectivity index (χ2v) is 7.63. The molecule has 1 aromatic heterocycles. The van der Waals surface area contributed by atoms with E-state index in [1.165, 1.54) is 24.3 Å². The Morgan fingerprint density at radius 1 is 1.17 bits per heavy atom. The van der Waals surface area contributed by atoms with E-state index in [0.717, 1.165) is 6.07 Å². The van der Waals surface area contributed by atoms with Gasteiger partial charge in [0.1, 0.15) is 34.0 Å². The fourth-order valence-corrected chi connectivity index (χ4v) is 3.99. The summed E-state index contributed by atoms with van der Waals surface area (Å²) in [6.07, 6.45) is 2.70. The number of benzene rings is 2. The van der Waals surface area contributed by atoms with Gasteiger partial charge in [-0.3, -0.25) is 4.79 Å². The van der Waals surface area contributed by atoms with Crippen LogP contribution in [0.4, 0.5) is 4.39 Å². The largest absolute Gasteiger partial charge is 0.507 e. The van der Waals surface area contributed by atoms with Gasteiger partial charge in [-0.1, -0.05) is 18.2 Å². The van der Waals surface area contributed by atoms with E-state index in [9.17, 15) is 24.5 Å². The van der Waals surface area contributed by atoms with Crippen LogP contribution in [-0.4, -0.2) is 46.5 Å². The van der Waals surface area contributed by atoms with Gasteiger partial charge in [0, 0.05) is 35.7 Å². The van der Waals surface area contributed by atoms with Crippen LogP contribution in [-0.2, 0) is 0 Å². The minimum Gasteiger partial charge on any atom is -0.507 e. The van der Waals surface area contributed by atoms with E-state index >= 15 is 0 Å². The molecule has 0 spiro atoms. The summed E-state index contributed by atoms with van der Waals surface area (Å²) in [5.41, 5.74) is 0.152. The smallest absolute Gasteiger partial charge is 0.197 e. The molecule has 4 rings (SSSR count). The minimum atomic E-state index is -0.773. The third-order valence-electron chi connectivity index (χ3n) is 5.51. The van der Waals surface area contributed by atoms with Crippen molar-refractivity contribution in [2.75, 3.05) is 20.1 Å². The van der Waals surface area contributed by atoms with Gasteiger partial charge in [0.25, 0.3) is 0 Å². The highest BCUT2D eigenvalue weighted by Gasteiger charge is 2.32. The maximum atomic E-state index is 13.9. The zero-order chi connectivity index (χ0) is 21.4. The summed E-state index contributed by atoms with van der Waals surface area (Å²) in [7, 11) is 1.89. The van der Waals surface area contributed by atoms with E-state index in [1.807, 2.05) is 11.9 Å². The number of hydrogen-bond donors (Lipinski definition) is 3. The Kier molecular flexibility index (Phi) is 5.32. The molecule has 1 fully saturated rings. The van der Waals surface area contributed by atoms with Gasteiger partial charge >= 0.3 is 0 Å². The third kappa shape index (κ3) is 3.69. The first-order chi connectivity index (χ1) is 14.3. The highest BCUT2D eigenvalue weighted by Crippen LogP contribution is 2.41. The number of likely N-dealkylation sites (tertiary alicyclic amines) is 1. The molecule has 1 saturated heterocycles. The normalized spacial score (nSPS) is 20.2. The van der Waals surface area contributed by atoms with Crippen LogP contribution in [0.2, 0.25) is 0 Å². The van der Waals surface area contributed by atoms with E-state index in [0.29, 0.717) is 30.6 Å². The average Bonchev–Trinajstić information content (AvgIpc) is 2.68. The minimum absolute atomic E-state index is 0.0294. The van der Waals surface area contributed by atoms with Crippen molar-refractivity contribution in [1.82, 2.24) is 4.90 Å². The molecule has 0 amide bonds. The fraction of sp³-hybridized carbons (Fsp3) is 0.261. The molecule has 1 aliphatic rings. The molecule has 2 heterocycles. The number of halogens is 1. The van der Waals surface area contributed by atoms with Gasteiger partial charge in [-0.25, -0.2) is 4.39 Å². The predicted octanol–water partition coefficient (Wildman–Crippen LogP) is 3.29. The van der Waals surface area contributed by atoms with Crippen molar-refractivity contribution in [1.29, 1.82) is 0 Å². The zero-order valence-corrected chi connectivity index (χ0v) is 16.4. The lowest BCUT2D eigenvalue weighted by Gasteiger charge is -2.34. The Hall–Kier alpha value is -3.16. The van der Waals surface area contributed by atoms with Crippen LogP contribution >= 0.6 is 0 Å². The molecule has 0 aliphatic carbocycles. The van der Waals surface area contributed by atoms with Crippen molar-refractivity contribution in [2.45, 2.75) is 18.4 Å². The predicted molar refractivity (Wildman–Crippen MR) is 112 cm³/mol. The van der Waals surface area contributed by atoms with Crippen LogP contribution in [0, 0.1) is 5.82 Å². The first-order valence-electron chi connectivity index (χ1n) is 9.67. The van der Waals surface area contributed by atoms with Gasteiger partial charge in [0.05, 0.1) is 6.10 Å². The summed E-state index contributed by atoms with van der Waals surface area (Å²) in [5, 5.41) is 31.3. The monoisotopic (exact) mass is 411 g/mol. The zero-order valence-electron chi connectivity index (χ0n) is 16.4. The van der Waals surface area contributed by atoms with Crippen LogP contribution in [0.3, 0.4) is 0 Å². The summed E-state index contributed by atoms with van der Waals surface area (Å²) in [5.74, 6) is -1.37. The maximum absolute atomic E-state index is 13.9. The van der Waals surface area contributed by atoms with Gasteiger partial charge in [0.2, 0.25) is 0 Å². The van der Waals surface area contributed by atoms with E-state index in [4.69, 9.17) is 4.42 Å². The quantitative estimate of drug-likeness (QED) is 0.612. The van der Waals surface area contributed by atoms with Gasteiger partial charge in [-0.2, -0.15) is 0 Å². The molecule has 0 radical (unpaired) electrons. The SMILES string of the molecule is CN1CCC(c2c(O)cc(O)c3c(=O)cc(/C=C/c4ccccc4F)oc23)C(O)C1. The number of β-amino-alcohol motifs (C(OH)–C–C–N with tert-alkyl or cyclic N) is 1. The van der Waals surface area contributed by atoms with Crippen molar-refractivity contribution < 1.29 is 24.1 Å². The number of rotatable bonds is 3. The van der Waals surface area contributed by atoms with Crippen molar-refractivity contribution in [3.8, 4) is 11.5 Å². The Morgan fingerprint density at radius 3 is 2.67 bits per heavy atom. The third-order valence-corrected chi connectivity index (χ3v) is 5.51. The topological polar surface area (TPSA) is 94.1 Å². The van der Waals surface area contributed by atoms with E-state index < -0.39 is 29.0 Å². The molecule has 2 atom stereocenters. The average molecular weight is 411 g/mol. The Morgan fingerprint density at radius 2 is 1.93 bits per heavy atom. The molecule has 0 saturated carbocycles. The Labute approximate surface area is 172 Å². The molecular formula is C23H22FNO5. The lowest BCUT2D eigenvalue weighted by molar-refractivity contribution is 0.0630. The van der Waals surface area contributed by atoms with Crippen LogP contribution in [0.15, 0.2) is 45.6 Å². The number of aromatic hydroxyl groups is 2. The molecule has 156 valence electrons. The summed E-state index contributed by atoms with van der Waals surface area (Å²) < 4.78 is 19.7. The van der Waals surface area contributed by atoms with E-state index in [1.54, 1.807) is 18.2 Å². The van der Waals surface area contributed by atoms with Crippen molar-refractivity contribution in [2.24, 2.45) is 0 Å². The molecule has 2 aromatic carbocycles. The lowest BCUT2D eigenvalue weighted by atomic mass is 9.85. The second-order valence-electron chi connectivity index (χ2n) is 7.63. The number of phenolic OH excluding ortho intramolecular Hbond substituents is 2. The second kappa shape index (κ2) is 7.93. The molecule has 3 aromatic rings. The number of phenols is 2. The summed E-state index contributed by atoms with van der Waals surface area (Å²) in [6.45, 7) is 1.10. The lowest BCUT2D eigenvalue weighted by Crippen LogP contribution is -2.40. The van der Waals surface area contributed by atoms with Crippen LogP contribution in [0.1, 0.15) is 29.2 Å². The van der Waals surface area contributed by atoms with Gasteiger partial charge in [-0.15, -0.1) is 0 Å². The summed E-state index contributed by atoms with van der Waals surface area (Å²) >= 11 is 0. The number of fused-ring (bicyclic) bond motifs is 1. The first-order valence-corrected chi connectivity index (χ1v) is 9.67. The van der Waals surface area contributed by atoms with Crippen LogP contribution in [0.25, 0.3) is 23.1 Å². The number of hydrogen-bond acceptors (Lipinski definition) is 6. The molecule has 30 heavy (non-hydrogen) atoms. The Bertz CT molecular complexity index is 1190. The highest BCUT2D eigenvalue weighted by atomic mass is 19.1. The fourth-order valence-electron chi connectivity index (χ4n) is 3.99. The van der Waals surface area contributed by atoms with E-state index in [2.05, 4.69) is 0 Å². The van der Waals surface area contributed by atoms with Gasteiger partial charge < -0.3 is 24.6 Å². The van der Waals surface area contributed by atoms with Crippen LogP contribution < -0.4 is 5.43 Å². The summed E-state index contributed by atoms with van der Waals surface area (Å²) in [6, 6.07) is 8.48. The van der Waals surface area contributed by atoms with E-state index in [-0.39, 0.29) is 22.5 Å². The number of nitrogens with zero attached hydrogens (tertiary/aromatic N) is 1. The molecule has 6 nitrogen and oxygen atoms in total. The molecule has 2 unspecified atom stereocenters. The number of aliphatic hydroxyl groups is 1. The van der Waals surface area contributed by atoms with Crippen LogP contribution in [0.5, 0.6) is 11.5 Å². The number of likely N-dealkylation sites (N-methyl/N-ethyl adjacent to an activating group) is 1. The first kappa shape index (κ1) is 20.1. The molecule has 1 aliphatic heterocycles. The molecular weight excluding hydrogens is 389 g/mol.